The van der Waals surface area contributed by atoms with E-state index in [-0.39, 0.29) is 12.5 Å². The third kappa shape index (κ3) is 6.32. The number of nitrogens with one attached hydrogen (secondary N) is 2. The molecule has 2 N–H and O–H groups in total. The van der Waals surface area contributed by atoms with Crippen LogP contribution < -0.4 is 20.1 Å². The summed E-state index contributed by atoms with van der Waals surface area (Å²) in [5.41, 5.74) is 3.23. The molecule has 1 aliphatic rings. The smallest absolute Gasteiger partial charge is 0.255 e. The molecule has 0 saturated heterocycles. The van der Waals surface area contributed by atoms with Crippen molar-refractivity contribution in [2.75, 3.05) is 23.5 Å². The van der Waals surface area contributed by atoms with Gasteiger partial charge in [-0.25, -0.2) is 4.68 Å². The Balaban J connectivity index is 1.56. The van der Waals surface area contributed by atoms with Gasteiger partial charge in [0, 0.05) is 32.6 Å². The predicted octanol–water partition coefficient (Wildman–Crippen LogP) is 7.60. The molecule has 8 nitrogen and oxygen atoms in total. The highest BCUT2D eigenvalue weighted by Crippen LogP contribution is 2.41. The van der Waals surface area contributed by atoms with Gasteiger partial charge in [-0.2, -0.15) is 4.98 Å². The van der Waals surface area contributed by atoms with Crippen LogP contribution in [0.2, 0.25) is 10.0 Å². The van der Waals surface area contributed by atoms with Crippen LogP contribution in [0, 0.1) is 0 Å². The number of aromatic nitrogens is 3. The summed E-state index contributed by atoms with van der Waals surface area (Å²) in [5.74, 6) is 2.27. The Kier molecular flexibility index (Phi) is 9.07. The Morgan fingerprint density at radius 2 is 1.85 bits per heavy atom. The number of ether oxygens (including phenoxy) is 2. The minimum absolute atomic E-state index is 0.214. The highest BCUT2D eigenvalue weighted by atomic mass is 35.5. The first-order valence-corrected chi connectivity index (χ1v) is 14.8. The van der Waals surface area contributed by atoms with Gasteiger partial charge in [-0.3, -0.25) is 4.79 Å². The second kappa shape index (κ2) is 12.9. The van der Waals surface area contributed by atoms with Gasteiger partial charge in [0.05, 0.1) is 18.4 Å². The number of rotatable bonds is 10. The topological polar surface area (TPSA) is 90.3 Å². The van der Waals surface area contributed by atoms with Crippen molar-refractivity contribution in [2.24, 2.45) is 0 Å². The number of halogens is 2. The van der Waals surface area contributed by atoms with Crippen molar-refractivity contribution < 1.29 is 14.3 Å². The number of amides is 1. The van der Waals surface area contributed by atoms with E-state index in [1.165, 1.54) is 0 Å². The number of allylic oxidation sites excluding steroid dienone is 1. The van der Waals surface area contributed by atoms with Gasteiger partial charge in [0.15, 0.2) is 0 Å². The van der Waals surface area contributed by atoms with E-state index in [0.717, 1.165) is 23.3 Å². The van der Waals surface area contributed by atoms with Crippen LogP contribution in [0.15, 0.2) is 83.2 Å². The first-order valence-electron chi connectivity index (χ1n) is 13.1. The minimum Gasteiger partial charge on any atom is -0.495 e. The number of anilines is 2. The maximum atomic E-state index is 14.0. The molecule has 0 spiro atoms. The van der Waals surface area contributed by atoms with Crippen LogP contribution in [0.1, 0.15) is 37.4 Å². The van der Waals surface area contributed by atoms with Gasteiger partial charge in [-0.1, -0.05) is 78.3 Å². The standard InChI is InChI=1S/C30H29Cl2N5O3S/c1-4-15-41-30-35-29-33-18(2)26(28(38)34-23-10-6-8-12-25(23)39-3)27(37(29)36-30)21-9-5-7-11-24(21)40-17-19-13-14-20(31)16-22(19)32/h5-14,16,27H,4,15,17H2,1-3H3,(H,34,38)(H,33,35,36). The number of fused-ring (bicyclic) bond motifs is 1. The Morgan fingerprint density at radius 3 is 2.61 bits per heavy atom. The van der Waals surface area contributed by atoms with E-state index in [2.05, 4.69) is 17.6 Å². The number of thioether (sulfide) groups is 1. The average Bonchev–Trinajstić information content (AvgIpc) is 3.37. The van der Waals surface area contributed by atoms with Gasteiger partial charge >= 0.3 is 0 Å². The lowest BCUT2D eigenvalue weighted by molar-refractivity contribution is -0.113. The van der Waals surface area contributed by atoms with E-state index in [1.54, 1.807) is 47.8 Å². The lowest BCUT2D eigenvalue weighted by atomic mass is 9.94. The van der Waals surface area contributed by atoms with E-state index in [0.29, 0.717) is 49.6 Å². The molecule has 0 radical (unpaired) electrons. The molecular formula is C30H29Cl2N5O3S. The van der Waals surface area contributed by atoms with Crippen molar-refractivity contribution >= 4 is 52.5 Å². The maximum Gasteiger partial charge on any atom is 0.255 e. The quantitative estimate of drug-likeness (QED) is 0.179. The van der Waals surface area contributed by atoms with E-state index >= 15 is 0 Å². The number of para-hydroxylation sites is 3. The Bertz CT molecular complexity index is 1610. The molecule has 1 unspecified atom stereocenters. The summed E-state index contributed by atoms with van der Waals surface area (Å²) in [4.78, 5) is 18.7. The van der Waals surface area contributed by atoms with E-state index in [9.17, 15) is 4.79 Å². The molecule has 1 amide bonds. The van der Waals surface area contributed by atoms with Gasteiger partial charge in [0.2, 0.25) is 11.1 Å². The molecule has 212 valence electrons. The normalized spacial score (nSPS) is 14.3. The van der Waals surface area contributed by atoms with Crippen molar-refractivity contribution in [2.45, 2.75) is 38.1 Å². The van der Waals surface area contributed by atoms with Crippen LogP contribution in [0.4, 0.5) is 11.6 Å². The maximum absolute atomic E-state index is 14.0. The molecule has 1 aromatic heterocycles. The lowest BCUT2D eigenvalue weighted by Gasteiger charge is -2.30. The SMILES string of the molecule is CCCSc1nc2n(n1)C(c1ccccc1OCc1ccc(Cl)cc1Cl)C(C(=O)Nc1ccccc1OC)=C(C)N2. The third-order valence-electron chi connectivity index (χ3n) is 6.48. The largest absolute Gasteiger partial charge is 0.495 e. The molecular weight excluding hydrogens is 581 g/mol. The Labute approximate surface area is 253 Å². The first kappa shape index (κ1) is 28.9. The molecule has 0 fully saturated rings. The van der Waals surface area contributed by atoms with E-state index < -0.39 is 6.04 Å². The Morgan fingerprint density at radius 1 is 1.10 bits per heavy atom. The molecule has 11 heteroatoms. The number of hydrogen-bond acceptors (Lipinski definition) is 7. The molecule has 1 aliphatic heterocycles. The number of carbonyl (C=O) groups is 1. The summed E-state index contributed by atoms with van der Waals surface area (Å²) in [6, 6.07) is 19.6. The fourth-order valence-electron chi connectivity index (χ4n) is 4.54. The second-order valence-corrected chi connectivity index (χ2v) is 11.2. The molecule has 0 saturated carbocycles. The van der Waals surface area contributed by atoms with Crippen molar-refractivity contribution in [3.63, 3.8) is 0 Å². The molecule has 1 atom stereocenters. The average molecular weight is 611 g/mol. The monoisotopic (exact) mass is 609 g/mol. The highest BCUT2D eigenvalue weighted by Gasteiger charge is 2.36. The highest BCUT2D eigenvalue weighted by molar-refractivity contribution is 7.99. The van der Waals surface area contributed by atoms with Crippen LogP contribution >= 0.6 is 35.0 Å². The summed E-state index contributed by atoms with van der Waals surface area (Å²) in [6.07, 6.45) is 0.985. The zero-order chi connectivity index (χ0) is 28.9. The predicted molar refractivity (Wildman–Crippen MR) is 164 cm³/mol. The van der Waals surface area contributed by atoms with Crippen LogP contribution in [0.5, 0.6) is 11.5 Å². The van der Waals surface area contributed by atoms with Crippen LogP contribution in [0.25, 0.3) is 0 Å². The van der Waals surface area contributed by atoms with Crippen LogP contribution in [0.3, 0.4) is 0 Å². The van der Waals surface area contributed by atoms with Gasteiger partial charge < -0.3 is 20.1 Å². The summed E-state index contributed by atoms with van der Waals surface area (Å²) in [7, 11) is 1.57. The van der Waals surface area contributed by atoms with E-state index in [4.69, 9.17) is 42.8 Å². The lowest BCUT2D eigenvalue weighted by Crippen LogP contribution is -2.31. The fourth-order valence-corrected chi connectivity index (χ4v) is 5.68. The van der Waals surface area contributed by atoms with Gasteiger partial charge in [0.1, 0.15) is 24.1 Å². The van der Waals surface area contributed by atoms with Crippen LogP contribution in [-0.4, -0.2) is 33.5 Å². The van der Waals surface area contributed by atoms with E-state index in [1.807, 2.05) is 49.4 Å². The first-order chi connectivity index (χ1) is 19.9. The third-order valence-corrected chi connectivity index (χ3v) is 8.11. The van der Waals surface area contributed by atoms with Gasteiger partial charge in [0.25, 0.3) is 5.91 Å². The van der Waals surface area contributed by atoms with Crippen molar-refractivity contribution in [3.8, 4) is 11.5 Å². The molecule has 0 bridgehead atoms. The number of methoxy groups -OCH3 is 1. The second-order valence-electron chi connectivity index (χ2n) is 9.29. The number of hydrogen-bond donors (Lipinski definition) is 2. The number of nitrogens with zero attached hydrogens (tertiary/aromatic N) is 3. The fraction of sp³-hybridized carbons (Fsp3) is 0.233. The zero-order valence-corrected chi connectivity index (χ0v) is 25.1. The van der Waals surface area contributed by atoms with Crippen molar-refractivity contribution in [1.82, 2.24) is 14.8 Å². The van der Waals surface area contributed by atoms with Crippen molar-refractivity contribution in [3.05, 3.63) is 99.2 Å². The molecule has 41 heavy (non-hydrogen) atoms. The molecule has 3 aromatic carbocycles. The molecule has 5 rings (SSSR count). The summed E-state index contributed by atoms with van der Waals surface area (Å²) >= 11 is 14.1. The van der Waals surface area contributed by atoms with Gasteiger partial charge in [-0.15, -0.1) is 5.10 Å². The molecule has 2 heterocycles. The van der Waals surface area contributed by atoms with Crippen molar-refractivity contribution in [1.29, 1.82) is 0 Å². The molecule has 0 aliphatic carbocycles. The van der Waals surface area contributed by atoms with Gasteiger partial charge in [-0.05, 0) is 43.7 Å². The summed E-state index contributed by atoms with van der Waals surface area (Å²) in [5, 5.41) is 12.8. The summed E-state index contributed by atoms with van der Waals surface area (Å²) < 4.78 is 13.5. The number of benzene rings is 3. The number of carbonyl (C=O) groups excluding carboxylic acids is 1. The molecule has 4 aromatic rings. The Hall–Kier alpha value is -3.66. The minimum atomic E-state index is -0.624. The van der Waals surface area contributed by atoms with Crippen LogP contribution in [-0.2, 0) is 11.4 Å². The zero-order valence-electron chi connectivity index (χ0n) is 22.8. The summed E-state index contributed by atoms with van der Waals surface area (Å²) in [6.45, 7) is 4.18.